The molecule has 13 aromatic rings. The molecule has 59 heavy (non-hydrogen) atoms. The molecule has 9 aromatic carbocycles. The third-order valence-corrected chi connectivity index (χ3v) is 13.2. The van der Waals surface area contributed by atoms with Crippen LogP contribution < -0.4 is 0 Å². The van der Waals surface area contributed by atoms with Gasteiger partial charge in [0.15, 0.2) is 0 Å². The van der Waals surface area contributed by atoms with E-state index in [2.05, 4.69) is 214 Å². The predicted octanol–water partition coefficient (Wildman–Crippen LogP) is 15.2. The van der Waals surface area contributed by atoms with Gasteiger partial charge in [0.25, 0.3) is 0 Å². The molecule has 0 atom stereocenters. The number of furan rings is 1. The number of thiophene rings is 1. The fourth-order valence-corrected chi connectivity index (χ4v) is 10.6. The molecule has 0 fully saturated rings. The number of aromatic nitrogens is 3. The highest BCUT2D eigenvalue weighted by Crippen LogP contribution is 2.39. The quantitative estimate of drug-likeness (QED) is 0.176. The molecule has 0 saturated heterocycles. The van der Waals surface area contributed by atoms with E-state index in [0.29, 0.717) is 0 Å². The minimum absolute atomic E-state index is 0.860. The number of hydrogen-bond acceptors (Lipinski definition) is 2. The second-order valence-corrected chi connectivity index (χ2v) is 16.5. The highest BCUT2D eigenvalue weighted by molar-refractivity contribution is 7.25. The zero-order chi connectivity index (χ0) is 38.6. The van der Waals surface area contributed by atoms with E-state index in [0.717, 1.165) is 77.4 Å². The van der Waals surface area contributed by atoms with Crippen LogP contribution in [0.3, 0.4) is 0 Å². The Morgan fingerprint density at radius 2 is 0.949 bits per heavy atom. The van der Waals surface area contributed by atoms with Gasteiger partial charge in [-0.15, -0.1) is 11.3 Å². The van der Waals surface area contributed by atoms with E-state index in [9.17, 15) is 0 Å². The fraction of sp³-hybridized carbons (Fsp3) is 0. The summed E-state index contributed by atoms with van der Waals surface area (Å²) in [6.45, 7) is 0. The molecule has 0 N–H and O–H groups in total. The van der Waals surface area contributed by atoms with Gasteiger partial charge < -0.3 is 18.1 Å². The first-order valence-corrected chi connectivity index (χ1v) is 20.8. The van der Waals surface area contributed by atoms with Gasteiger partial charge in [-0.3, -0.25) is 0 Å². The lowest BCUT2D eigenvalue weighted by molar-refractivity contribution is 0.669. The minimum atomic E-state index is 0.860. The lowest BCUT2D eigenvalue weighted by atomic mass is 10.1. The first kappa shape index (κ1) is 32.5. The van der Waals surface area contributed by atoms with Crippen LogP contribution in [0.15, 0.2) is 205 Å². The van der Waals surface area contributed by atoms with Crippen molar-refractivity contribution < 1.29 is 4.42 Å². The van der Waals surface area contributed by atoms with Gasteiger partial charge >= 0.3 is 0 Å². The van der Waals surface area contributed by atoms with Crippen LogP contribution in [0.25, 0.3) is 114 Å². The normalized spacial score (nSPS) is 12.1. The molecule has 0 unspecified atom stereocenters. The number of fused-ring (bicyclic) bond motifs is 13. The van der Waals surface area contributed by atoms with Gasteiger partial charge in [0.05, 0.1) is 16.7 Å². The summed E-state index contributed by atoms with van der Waals surface area (Å²) in [7, 11) is 0. The van der Waals surface area contributed by atoms with Crippen LogP contribution in [-0.2, 0) is 0 Å². The van der Waals surface area contributed by atoms with Crippen molar-refractivity contribution in [1.29, 1.82) is 0 Å². The van der Waals surface area contributed by atoms with Crippen LogP contribution in [0, 0.1) is 0 Å². The molecule has 0 aliphatic heterocycles. The zero-order valence-corrected chi connectivity index (χ0v) is 32.5. The lowest BCUT2D eigenvalue weighted by Gasteiger charge is -2.16. The largest absolute Gasteiger partial charge is 0.456 e. The monoisotopic (exact) mass is 771 g/mol. The molecule has 0 saturated carbocycles. The van der Waals surface area contributed by atoms with E-state index in [1.807, 2.05) is 11.3 Å². The molecule has 4 aromatic heterocycles. The summed E-state index contributed by atoms with van der Waals surface area (Å²) in [5, 5.41) is 9.45. The van der Waals surface area contributed by atoms with E-state index >= 15 is 0 Å². The summed E-state index contributed by atoms with van der Waals surface area (Å²) in [5.74, 6) is 0. The summed E-state index contributed by atoms with van der Waals surface area (Å²) < 4.78 is 16.4. The van der Waals surface area contributed by atoms with Crippen LogP contribution in [0.2, 0.25) is 0 Å². The second kappa shape index (κ2) is 12.4. The summed E-state index contributed by atoms with van der Waals surface area (Å²) in [5.41, 5.74) is 11.7. The van der Waals surface area contributed by atoms with Crippen molar-refractivity contribution in [2.45, 2.75) is 0 Å². The van der Waals surface area contributed by atoms with Crippen molar-refractivity contribution in [1.82, 2.24) is 13.7 Å². The molecule has 0 aliphatic carbocycles. The van der Waals surface area contributed by atoms with Gasteiger partial charge in [-0.2, -0.15) is 0 Å². The van der Waals surface area contributed by atoms with Crippen molar-refractivity contribution in [3.63, 3.8) is 0 Å². The topological polar surface area (TPSA) is 27.9 Å². The smallest absolute Gasteiger partial charge is 0.135 e. The van der Waals surface area contributed by atoms with E-state index < -0.39 is 0 Å². The molecule has 13 rings (SSSR count). The maximum atomic E-state index is 6.59. The SMILES string of the molecule is c1ccc(-n2c3ccccc3c3cccc(-n4c5cccc(c5)c5cccc(c5)n(-c5ccc6c(c5)sc5ccccc56)c5ccc6oc7ccc4cc7c6c5)c32)cc1. The molecular formula is C54H33N3OS. The number of rotatable bonds is 3. The molecule has 0 aliphatic rings. The van der Waals surface area contributed by atoms with Gasteiger partial charge in [0, 0.05) is 75.2 Å². The van der Waals surface area contributed by atoms with Gasteiger partial charge in [0.1, 0.15) is 11.2 Å². The van der Waals surface area contributed by atoms with Gasteiger partial charge in [-0.05, 0) is 114 Å². The van der Waals surface area contributed by atoms with Crippen LogP contribution in [0.5, 0.6) is 0 Å². The van der Waals surface area contributed by atoms with E-state index in [1.54, 1.807) is 0 Å². The number of para-hydroxylation sites is 3. The summed E-state index contributed by atoms with van der Waals surface area (Å²) in [6, 6.07) is 73.0. The molecule has 8 bridgehead atoms. The highest BCUT2D eigenvalue weighted by Gasteiger charge is 2.18. The lowest BCUT2D eigenvalue weighted by Crippen LogP contribution is -2.02. The first-order valence-electron chi connectivity index (χ1n) is 20.0. The fourth-order valence-electron chi connectivity index (χ4n) is 9.43. The highest BCUT2D eigenvalue weighted by atomic mass is 32.1. The molecule has 4 heterocycles. The average molecular weight is 772 g/mol. The molecule has 276 valence electrons. The Bertz CT molecular complexity index is 3910. The number of benzene rings is 9. The van der Waals surface area contributed by atoms with Crippen molar-refractivity contribution >= 4 is 108 Å². The van der Waals surface area contributed by atoms with E-state index in [1.165, 1.54) is 36.5 Å². The average Bonchev–Trinajstić information content (AvgIpc) is 3.96. The van der Waals surface area contributed by atoms with Crippen LogP contribution >= 0.6 is 11.3 Å². The molecule has 0 radical (unpaired) electrons. The number of nitrogens with zero attached hydrogens (tertiary/aromatic N) is 3. The standard InChI is InChI=1S/C54H33N3OS/c1-2-13-36(14-3-1)57-48-20-6-4-17-42(48)45-19-10-21-49(54(45)57)56-38-16-9-12-35(30-38)34-11-8-15-37(29-34)55(41-23-26-44-43-18-5-7-22-52(43)59-53(44)33-41)39-24-27-50-46(31-39)47-32-40(56)25-28-51(47)58-50/h1-33H. The van der Waals surface area contributed by atoms with Crippen molar-refractivity contribution in [3.05, 3.63) is 200 Å². The van der Waals surface area contributed by atoms with Gasteiger partial charge in [0.2, 0.25) is 0 Å². The predicted molar refractivity (Wildman–Crippen MR) is 250 cm³/mol. The minimum Gasteiger partial charge on any atom is -0.456 e. The maximum absolute atomic E-state index is 6.59. The van der Waals surface area contributed by atoms with Gasteiger partial charge in [-0.1, -0.05) is 97.1 Å². The summed E-state index contributed by atoms with van der Waals surface area (Å²) in [4.78, 5) is 0. The van der Waals surface area contributed by atoms with Crippen molar-refractivity contribution in [2.24, 2.45) is 0 Å². The zero-order valence-electron chi connectivity index (χ0n) is 31.7. The van der Waals surface area contributed by atoms with Gasteiger partial charge in [-0.25, -0.2) is 0 Å². The van der Waals surface area contributed by atoms with Crippen LogP contribution in [-0.4, -0.2) is 13.7 Å². The molecule has 0 spiro atoms. The third kappa shape index (κ3) is 4.89. The molecular weight excluding hydrogens is 739 g/mol. The summed E-state index contributed by atoms with van der Waals surface area (Å²) in [6.07, 6.45) is 0. The molecule has 5 heteroatoms. The van der Waals surface area contributed by atoms with Crippen molar-refractivity contribution in [2.75, 3.05) is 0 Å². The second-order valence-electron chi connectivity index (χ2n) is 15.4. The van der Waals surface area contributed by atoms with Crippen LogP contribution in [0.4, 0.5) is 0 Å². The molecule has 0 amide bonds. The Morgan fingerprint density at radius 3 is 1.73 bits per heavy atom. The number of hydrogen-bond donors (Lipinski definition) is 0. The summed E-state index contributed by atoms with van der Waals surface area (Å²) >= 11 is 1.85. The Hall–Kier alpha value is -7.60. The van der Waals surface area contributed by atoms with Crippen molar-refractivity contribution in [3.8, 4) is 17.1 Å². The third-order valence-electron chi connectivity index (χ3n) is 12.0. The Kier molecular flexibility index (Phi) is 6.85. The van der Waals surface area contributed by atoms with Crippen LogP contribution in [0.1, 0.15) is 0 Å². The van der Waals surface area contributed by atoms with E-state index in [-0.39, 0.29) is 0 Å². The maximum Gasteiger partial charge on any atom is 0.135 e. The Morgan fingerprint density at radius 1 is 0.339 bits per heavy atom. The Balaban J connectivity index is 1.18. The first-order chi connectivity index (χ1) is 29.2. The Labute approximate surface area is 341 Å². The van der Waals surface area contributed by atoms with E-state index in [4.69, 9.17) is 4.42 Å². The molecule has 4 nitrogen and oxygen atoms in total.